The Morgan fingerprint density at radius 2 is 1.92 bits per heavy atom. The highest BCUT2D eigenvalue weighted by Crippen LogP contribution is 2.20. The molecule has 0 radical (unpaired) electrons. The predicted octanol–water partition coefficient (Wildman–Crippen LogP) is 3.66. The van der Waals surface area contributed by atoms with Crippen LogP contribution in [0, 0.1) is 6.92 Å². The second kappa shape index (κ2) is 9.34. The Balaban J connectivity index is 1.87. The molecule has 0 heterocycles. The third-order valence-corrected chi connectivity index (χ3v) is 4.17. The first-order valence-electron chi connectivity index (χ1n) is 7.92. The second-order valence-corrected chi connectivity index (χ2v) is 6.52. The number of hydrogen-bond acceptors (Lipinski definition) is 3. The number of rotatable bonds is 7. The van der Waals surface area contributed by atoms with Crippen LogP contribution in [0.1, 0.15) is 27.9 Å². The van der Waals surface area contributed by atoms with E-state index in [2.05, 4.69) is 26.6 Å². The summed E-state index contributed by atoms with van der Waals surface area (Å²) >= 11 is 3.38. The fourth-order valence-electron chi connectivity index (χ4n) is 2.35. The van der Waals surface area contributed by atoms with Gasteiger partial charge < -0.3 is 15.4 Å². The quantitative estimate of drug-likeness (QED) is 0.739. The Morgan fingerprint density at radius 3 is 2.68 bits per heavy atom. The van der Waals surface area contributed by atoms with E-state index in [9.17, 15) is 9.59 Å². The number of aryl methyl sites for hydroxylation is 1. The summed E-state index contributed by atoms with van der Waals surface area (Å²) in [6.07, 6.45) is 0.199. The number of carbonyl (C=O) groups is 2. The van der Waals surface area contributed by atoms with Crippen molar-refractivity contribution in [1.82, 2.24) is 5.32 Å². The van der Waals surface area contributed by atoms with Gasteiger partial charge in [0.15, 0.2) is 0 Å². The minimum absolute atomic E-state index is 0.147. The average molecular weight is 405 g/mol. The van der Waals surface area contributed by atoms with Crippen molar-refractivity contribution < 1.29 is 14.3 Å². The summed E-state index contributed by atoms with van der Waals surface area (Å²) in [7, 11) is 1.59. The molecule has 0 bridgehead atoms. The number of anilines is 1. The van der Waals surface area contributed by atoms with Crippen molar-refractivity contribution in [2.45, 2.75) is 20.0 Å². The van der Waals surface area contributed by atoms with Crippen molar-refractivity contribution >= 4 is 33.4 Å². The predicted molar refractivity (Wildman–Crippen MR) is 102 cm³/mol. The van der Waals surface area contributed by atoms with Gasteiger partial charge in [-0.3, -0.25) is 9.59 Å². The monoisotopic (exact) mass is 404 g/mol. The lowest BCUT2D eigenvalue weighted by Gasteiger charge is -2.11. The molecule has 0 aliphatic carbocycles. The molecule has 2 rings (SSSR count). The summed E-state index contributed by atoms with van der Waals surface area (Å²) in [6, 6.07) is 13.0. The van der Waals surface area contributed by atoms with Gasteiger partial charge in [-0.2, -0.15) is 0 Å². The fourth-order valence-corrected chi connectivity index (χ4v) is 2.71. The minimum atomic E-state index is -0.209. The Bertz CT molecular complexity index is 762. The van der Waals surface area contributed by atoms with Crippen LogP contribution in [0.15, 0.2) is 46.9 Å². The van der Waals surface area contributed by atoms with Gasteiger partial charge in [0.2, 0.25) is 5.91 Å². The minimum Gasteiger partial charge on any atom is -0.380 e. The normalized spacial score (nSPS) is 10.4. The van der Waals surface area contributed by atoms with E-state index >= 15 is 0 Å². The molecule has 2 aromatic carbocycles. The maximum absolute atomic E-state index is 12.3. The molecule has 0 spiro atoms. The highest BCUT2D eigenvalue weighted by molar-refractivity contribution is 9.10. The van der Waals surface area contributed by atoms with Gasteiger partial charge >= 0.3 is 0 Å². The van der Waals surface area contributed by atoms with Crippen LogP contribution in [0.3, 0.4) is 0 Å². The molecule has 0 saturated heterocycles. The lowest BCUT2D eigenvalue weighted by atomic mass is 10.1. The van der Waals surface area contributed by atoms with Crippen molar-refractivity contribution in [3.8, 4) is 0 Å². The molecule has 132 valence electrons. The molecule has 0 unspecified atom stereocenters. The van der Waals surface area contributed by atoms with Gasteiger partial charge in [-0.15, -0.1) is 0 Å². The van der Waals surface area contributed by atoms with Gasteiger partial charge in [0.1, 0.15) is 0 Å². The molecule has 0 atom stereocenters. The molecule has 5 nitrogen and oxygen atoms in total. The lowest BCUT2D eigenvalue weighted by molar-refractivity contribution is -0.116. The van der Waals surface area contributed by atoms with E-state index in [0.29, 0.717) is 12.2 Å². The van der Waals surface area contributed by atoms with Crippen LogP contribution in [0.25, 0.3) is 0 Å². The maximum atomic E-state index is 12.3. The fraction of sp³-hybridized carbons (Fsp3) is 0.263. The van der Waals surface area contributed by atoms with E-state index in [1.807, 2.05) is 37.3 Å². The van der Waals surface area contributed by atoms with Crippen LogP contribution in [0.4, 0.5) is 5.69 Å². The largest absolute Gasteiger partial charge is 0.380 e. The first-order chi connectivity index (χ1) is 12.0. The van der Waals surface area contributed by atoms with Crippen molar-refractivity contribution in [1.29, 1.82) is 0 Å². The van der Waals surface area contributed by atoms with E-state index in [-0.39, 0.29) is 24.8 Å². The number of methoxy groups -OCH3 is 1. The molecule has 0 fully saturated rings. The SMILES string of the molecule is COCc1ccccc1C(=O)NCCC(=O)Nc1cc(Br)ccc1C. The highest BCUT2D eigenvalue weighted by atomic mass is 79.9. The zero-order valence-electron chi connectivity index (χ0n) is 14.3. The lowest BCUT2D eigenvalue weighted by Crippen LogP contribution is -2.28. The molecule has 25 heavy (non-hydrogen) atoms. The zero-order chi connectivity index (χ0) is 18.2. The number of benzene rings is 2. The van der Waals surface area contributed by atoms with Gasteiger partial charge in [0.25, 0.3) is 5.91 Å². The molecule has 0 aromatic heterocycles. The Kier molecular flexibility index (Phi) is 7.16. The van der Waals surface area contributed by atoms with Gasteiger partial charge in [0.05, 0.1) is 6.61 Å². The summed E-state index contributed by atoms with van der Waals surface area (Å²) in [5, 5.41) is 5.63. The number of amides is 2. The van der Waals surface area contributed by atoms with E-state index < -0.39 is 0 Å². The van der Waals surface area contributed by atoms with Crippen LogP contribution < -0.4 is 10.6 Å². The third-order valence-electron chi connectivity index (χ3n) is 3.67. The smallest absolute Gasteiger partial charge is 0.251 e. The van der Waals surface area contributed by atoms with Gasteiger partial charge in [-0.25, -0.2) is 0 Å². The summed E-state index contributed by atoms with van der Waals surface area (Å²) in [5.41, 5.74) is 3.12. The molecule has 0 saturated carbocycles. The van der Waals surface area contributed by atoms with Crippen molar-refractivity contribution in [3.05, 3.63) is 63.6 Å². The van der Waals surface area contributed by atoms with E-state index in [4.69, 9.17) is 4.74 Å². The van der Waals surface area contributed by atoms with Crippen LogP contribution in [0.5, 0.6) is 0 Å². The molecule has 2 amide bonds. The van der Waals surface area contributed by atoms with E-state index in [1.54, 1.807) is 19.2 Å². The Morgan fingerprint density at radius 1 is 1.16 bits per heavy atom. The van der Waals surface area contributed by atoms with Crippen LogP contribution in [-0.2, 0) is 16.1 Å². The summed E-state index contributed by atoms with van der Waals surface area (Å²) < 4.78 is 6.00. The first-order valence-corrected chi connectivity index (χ1v) is 8.71. The average Bonchev–Trinajstić information content (AvgIpc) is 2.59. The second-order valence-electron chi connectivity index (χ2n) is 5.60. The van der Waals surface area contributed by atoms with Crippen molar-refractivity contribution in [2.75, 3.05) is 19.0 Å². The summed E-state index contributed by atoms with van der Waals surface area (Å²) in [4.78, 5) is 24.3. The van der Waals surface area contributed by atoms with Crippen LogP contribution in [-0.4, -0.2) is 25.5 Å². The Labute approximate surface area is 155 Å². The molecule has 0 aliphatic rings. The molecular formula is C19H21BrN2O3. The standard InChI is InChI=1S/C19H21BrN2O3/c1-13-7-8-15(20)11-17(13)22-18(23)9-10-21-19(24)16-6-4-3-5-14(16)12-25-2/h3-8,11H,9-10,12H2,1-2H3,(H,21,24)(H,22,23). The highest BCUT2D eigenvalue weighted by Gasteiger charge is 2.11. The molecule has 2 aromatic rings. The number of nitrogens with one attached hydrogen (secondary N) is 2. The Hall–Kier alpha value is -2.18. The number of halogens is 1. The molecule has 2 N–H and O–H groups in total. The number of carbonyl (C=O) groups excluding carboxylic acids is 2. The topological polar surface area (TPSA) is 67.4 Å². The van der Waals surface area contributed by atoms with Gasteiger partial charge in [0, 0.05) is 35.8 Å². The van der Waals surface area contributed by atoms with Crippen molar-refractivity contribution in [3.63, 3.8) is 0 Å². The first kappa shape index (κ1) is 19.1. The van der Waals surface area contributed by atoms with Crippen molar-refractivity contribution in [2.24, 2.45) is 0 Å². The van der Waals surface area contributed by atoms with E-state index in [0.717, 1.165) is 21.3 Å². The van der Waals surface area contributed by atoms with E-state index in [1.165, 1.54) is 0 Å². The molecule has 6 heteroatoms. The van der Waals surface area contributed by atoms with Gasteiger partial charge in [-0.1, -0.05) is 40.2 Å². The molecule has 0 aliphatic heterocycles. The number of ether oxygens (including phenoxy) is 1. The van der Waals surface area contributed by atoms with Crippen LogP contribution >= 0.6 is 15.9 Å². The number of hydrogen-bond donors (Lipinski definition) is 2. The summed E-state index contributed by atoms with van der Waals surface area (Å²) in [6.45, 7) is 2.56. The molecular weight excluding hydrogens is 384 g/mol. The zero-order valence-corrected chi connectivity index (χ0v) is 15.9. The third kappa shape index (κ3) is 5.69. The van der Waals surface area contributed by atoms with Gasteiger partial charge in [-0.05, 0) is 36.2 Å². The maximum Gasteiger partial charge on any atom is 0.251 e. The summed E-state index contributed by atoms with van der Waals surface area (Å²) in [5.74, 6) is -0.356. The van der Waals surface area contributed by atoms with Crippen LogP contribution in [0.2, 0.25) is 0 Å².